The maximum atomic E-state index is 13.1. The second-order valence-corrected chi connectivity index (χ2v) is 7.65. The lowest BCUT2D eigenvalue weighted by atomic mass is 9.91. The maximum absolute atomic E-state index is 13.1. The van der Waals surface area contributed by atoms with E-state index < -0.39 is 0 Å². The van der Waals surface area contributed by atoms with E-state index in [0.29, 0.717) is 11.0 Å². The highest BCUT2D eigenvalue weighted by Crippen LogP contribution is 2.44. The van der Waals surface area contributed by atoms with Crippen LogP contribution in [0.5, 0.6) is 0 Å². The van der Waals surface area contributed by atoms with Gasteiger partial charge in [0.1, 0.15) is 6.33 Å². The van der Waals surface area contributed by atoms with Gasteiger partial charge in [-0.3, -0.25) is 9.69 Å². The van der Waals surface area contributed by atoms with Gasteiger partial charge in [0.15, 0.2) is 0 Å². The molecular weight excluding hydrogens is 360 g/mol. The number of carbonyl (C=O) groups excluding carboxylic acids is 1. The van der Waals surface area contributed by atoms with Crippen LogP contribution in [0.2, 0.25) is 5.02 Å². The zero-order valence-corrected chi connectivity index (χ0v) is 15.5. The molecule has 1 aliphatic heterocycles. The predicted molar refractivity (Wildman–Crippen MR) is 104 cm³/mol. The number of hydrogen-bond donors (Lipinski definition) is 0. The number of nitrogens with zero attached hydrogens (tertiary/aromatic N) is 4. The Bertz CT molecular complexity index is 965. The van der Waals surface area contributed by atoms with E-state index in [0.717, 1.165) is 24.8 Å². The summed E-state index contributed by atoms with van der Waals surface area (Å²) in [5, 5.41) is 5.15. The molecule has 6 heteroatoms. The molecule has 3 aromatic rings. The van der Waals surface area contributed by atoms with Gasteiger partial charge in [0, 0.05) is 10.9 Å². The predicted octanol–water partition coefficient (Wildman–Crippen LogP) is 4.41. The molecule has 1 amide bonds. The first kappa shape index (κ1) is 16.5. The molecule has 0 bridgehead atoms. The number of aromatic nitrogens is 3. The van der Waals surface area contributed by atoms with Crippen molar-refractivity contribution in [2.45, 2.75) is 31.3 Å². The van der Waals surface area contributed by atoms with Crippen molar-refractivity contribution in [2.24, 2.45) is 5.92 Å². The van der Waals surface area contributed by atoms with Gasteiger partial charge < -0.3 is 0 Å². The molecule has 1 saturated carbocycles. The lowest BCUT2D eigenvalue weighted by Crippen LogP contribution is -2.43. The van der Waals surface area contributed by atoms with Crippen molar-refractivity contribution < 1.29 is 4.79 Å². The standard InChI is InChI=1S/C21H19ClN4O/c22-17-10-8-15(9-11-17)18-12-19(14-4-2-1-3-5-14)26-21(23-13-24-26)25(18)20(27)16-6-7-16/h1-5,8-11,13,16,18-19H,6-7,12H2/t18-,19+/m0/s1. The maximum Gasteiger partial charge on any atom is 0.233 e. The zero-order valence-electron chi connectivity index (χ0n) is 14.7. The first-order chi connectivity index (χ1) is 13.2. The third-order valence-corrected chi connectivity index (χ3v) is 5.68. The topological polar surface area (TPSA) is 51.0 Å². The van der Waals surface area contributed by atoms with Crippen LogP contribution in [0.3, 0.4) is 0 Å². The van der Waals surface area contributed by atoms with Crippen LogP contribution in [0.15, 0.2) is 60.9 Å². The summed E-state index contributed by atoms with van der Waals surface area (Å²) in [4.78, 5) is 19.5. The minimum atomic E-state index is -0.0859. The van der Waals surface area contributed by atoms with Crippen LogP contribution in [0.4, 0.5) is 5.95 Å². The van der Waals surface area contributed by atoms with Crippen LogP contribution in [0, 0.1) is 5.92 Å². The molecule has 5 nitrogen and oxygen atoms in total. The molecule has 136 valence electrons. The molecule has 0 N–H and O–H groups in total. The first-order valence-electron chi connectivity index (χ1n) is 9.25. The molecule has 2 aliphatic rings. The average molecular weight is 379 g/mol. The normalized spacial score (nSPS) is 21.7. The summed E-state index contributed by atoms with van der Waals surface area (Å²) in [6, 6.07) is 18.0. The van der Waals surface area contributed by atoms with Crippen molar-refractivity contribution >= 4 is 23.5 Å². The van der Waals surface area contributed by atoms with Crippen molar-refractivity contribution in [1.82, 2.24) is 14.8 Å². The molecule has 27 heavy (non-hydrogen) atoms. The van der Waals surface area contributed by atoms with Crippen LogP contribution in [0.1, 0.15) is 42.5 Å². The number of carbonyl (C=O) groups is 1. The Morgan fingerprint density at radius 3 is 2.37 bits per heavy atom. The molecule has 1 aliphatic carbocycles. The minimum Gasteiger partial charge on any atom is -0.274 e. The SMILES string of the molecule is O=C(C1CC1)N1c2ncnn2[C@@H](c2ccccc2)C[C@H]1c1ccc(Cl)cc1. The number of amides is 1. The van der Waals surface area contributed by atoms with Gasteiger partial charge >= 0.3 is 0 Å². The van der Waals surface area contributed by atoms with E-state index in [1.807, 2.05) is 52.0 Å². The van der Waals surface area contributed by atoms with Crippen molar-refractivity contribution in [1.29, 1.82) is 0 Å². The summed E-state index contributed by atoms with van der Waals surface area (Å²) < 4.78 is 1.89. The Balaban J connectivity index is 1.63. The van der Waals surface area contributed by atoms with E-state index in [9.17, 15) is 4.79 Å². The first-order valence-corrected chi connectivity index (χ1v) is 9.63. The van der Waals surface area contributed by atoms with Gasteiger partial charge in [0.25, 0.3) is 0 Å². The molecule has 2 heterocycles. The van der Waals surface area contributed by atoms with E-state index in [2.05, 4.69) is 22.2 Å². The Morgan fingerprint density at radius 1 is 0.963 bits per heavy atom. The summed E-state index contributed by atoms with van der Waals surface area (Å²) in [6.07, 6.45) is 4.21. The van der Waals surface area contributed by atoms with Crippen molar-refractivity contribution in [2.75, 3.05) is 4.90 Å². The van der Waals surface area contributed by atoms with Crippen LogP contribution in [-0.2, 0) is 4.79 Å². The number of benzene rings is 2. The largest absolute Gasteiger partial charge is 0.274 e. The fraction of sp³-hybridized carbons (Fsp3) is 0.286. The summed E-state index contributed by atoms with van der Waals surface area (Å²) in [6.45, 7) is 0. The summed E-state index contributed by atoms with van der Waals surface area (Å²) in [5.41, 5.74) is 2.24. The number of anilines is 1. The molecule has 2 atom stereocenters. The highest BCUT2D eigenvalue weighted by atomic mass is 35.5. The Hall–Kier alpha value is -2.66. The van der Waals surface area contributed by atoms with Gasteiger partial charge in [0.2, 0.25) is 11.9 Å². The number of rotatable bonds is 3. The van der Waals surface area contributed by atoms with Crippen molar-refractivity contribution in [3.8, 4) is 0 Å². The average Bonchev–Trinajstić information content (AvgIpc) is 3.44. The molecule has 0 spiro atoms. The van der Waals surface area contributed by atoms with E-state index in [-0.39, 0.29) is 23.9 Å². The van der Waals surface area contributed by atoms with Gasteiger partial charge in [-0.2, -0.15) is 10.1 Å². The quantitative estimate of drug-likeness (QED) is 0.678. The lowest BCUT2D eigenvalue weighted by Gasteiger charge is -2.39. The van der Waals surface area contributed by atoms with Gasteiger partial charge in [-0.25, -0.2) is 4.68 Å². The fourth-order valence-electron chi connectivity index (χ4n) is 3.89. The smallest absolute Gasteiger partial charge is 0.233 e. The van der Waals surface area contributed by atoms with Crippen molar-refractivity contribution in [3.63, 3.8) is 0 Å². The van der Waals surface area contributed by atoms with E-state index in [4.69, 9.17) is 11.6 Å². The molecule has 0 unspecified atom stereocenters. The highest BCUT2D eigenvalue weighted by molar-refractivity contribution is 6.30. The Kier molecular flexibility index (Phi) is 3.97. The fourth-order valence-corrected chi connectivity index (χ4v) is 4.02. The summed E-state index contributed by atoms with van der Waals surface area (Å²) in [7, 11) is 0. The second kappa shape index (κ2) is 6.50. The van der Waals surface area contributed by atoms with Crippen molar-refractivity contribution in [3.05, 3.63) is 77.1 Å². The minimum absolute atomic E-state index is 0.0348. The van der Waals surface area contributed by atoms with E-state index >= 15 is 0 Å². The number of hydrogen-bond acceptors (Lipinski definition) is 3. The molecule has 2 aromatic carbocycles. The van der Waals surface area contributed by atoms with Crippen LogP contribution < -0.4 is 4.90 Å². The van der Waals surface area contributed by atoms with Gasteiger partial charge in [-0.15, -0.1) is 0 Å². The highest BCUT2D eigenvalue weighted by Gasteiger charge is 2.44. The van der Waals surface area contributed by atoms with Crippen LogP contribution >= 0.6 is 11.6 Å². The summed E-state index contributed by atoms with van der Waals surface area (Å²) >= 11 is 6.09. The second-order valence-electron chi connectivity index (χ2n) is 7.22. The molecular formula is C21H19ClN4O. The third-order valence-electron chi connectivity index (χ3n) is 5.43. The number of fused-ring (bicyclic) bond motifs is 1. The Morgan fingerprint density at radius 2 is 1.67 bits per heavy atom. The van der Waals surface area contributed by atoms with Crippen LogP contribution in [0.25, 0.3) is 0 Å². The lowest BCUT2D eigenvalue weighted by molar-refractivity contribution is -0.120. The Labute approximate surface area is 162 Å². The summed E-state index contributed by atoms with van der Waals surface area (Å²) in [5.74, 6) is 0.890. The molecule has 0 saturated heterocycles. The molecule has 1 fully saturated rings. The molecule has 0 radical (unpaired) electrons. The zero-order chi connectivity index (χ0) is 18.4. The van der Waals surface area contributed by atoms with Gasteiger partial charge in [-0.1, -0.05) is 54.1 Å². The van der Waals surface area contributed by atoms with Gasteiger partial charge in [-0.05, 0) is 42.5 Å². The van der Waals surface area contributed by atoms with Crippen LogP contribution in [-0.4, -0.2) is 20.7 Å². The van der Waals surface area contributed by atoms with E-state index in [1.54, 1.807) is 6.33 Å². The monoisotopic (exact) mass is 378 g/mol. The molecule has 1 aromatic heterocycles. The van der Waals surface area contributed by atoms with E-state index in [1.165, 1.54) is 5.56 Å². The molecule has 5 rings (SSSR count). The third kappa shape index (κ3) is 2.92. The number of halogens is 1. The van der Waals surface area contributed by atoms with Gasteiger partial charge in [0.05, 0.1) is 12.1 Å².